The molecule has 1 atom stereocenters. The van der Waals surface area contributed by atoms with Crippen molar-refractivity contribution in [2.45, 2.75) is 25.2 Å². The van der Waals surface area contributed by atoms with Gasteiger partial charge in [0.15, 0.2) is 6.29 Å². The van der Waals surface area contributed by atoms with Gasteiger partial charge in [0.2, 0.25) is 0 Å². The summed E-state index contributed by atoms with van der Waals surface area (Å²) < 4.78 is 0. The zero-order valence-corrected chi connectivity index (χ0v) is 12.9. The molecule has 0 heterocycles. The molecule has 0 saturated carbocycles. The predicted molar refractivity (Wildman–Crippen MR) is 78.0 cm³/mol. The Balaban J connectivity index is -0.000000120. The van der Waals surface area contributed by atoms with Gasteiger partial charge in [-0.3, -0.25) is 0 Å². The van der Waals surface area contributed by atoms with Gasteiger partial charge in [-0.25, -0.2) is 0 Å². The second kappa shape index (κ2) is 16.3. The van der Waals surface area contributed by atoms with Gasteiger partial charge in [0, 0.05) is 12.6 Å². The number of halogens is 2. The van der Waals surface area contributed by atoms with Gasteiger partial charge in [0.1, 0.15) is 0 Å². The lowest BCUT2D eigenvalue weighted by atomic mass is 10.1. The van der Waals surface area contributed by atoms with E-state index in [9.17, 15) is 0 Å². The molecule has 0 aliphatic heterocycles. The van der Waals surface area contributed by atoms with E-state index in [-0.39, 0.29) is 37.1 Å². The lowest BCUT2D eigenvalue weighted by molar-refractivity contribution is -0.0501. The van der Waals surface area contributed by atoms with E-state index in [2.05, 4.69) is 9.80 Å². The van der Waals surface area contributed by atoms with Crippen molar-refractivity contribution in [3.05, 3.63) is 0 Å². The molecule has 0 amide bonds. The Morgan fingerprint density at radius 2 is 1.29 bits per heavy atom. The van der Waals surface area contributed by atoms with E-state index in [0.717, 1.165) is 13.0 Å². The molecule has 0 radical (unpaired) electrons. The Bertz CT molecular complexity index is 140. The van der Waals surface area contributed by atoms with Gasteiger partial charge in [-0.15, -0.1) is 24.8 Å². The molecule has 0 aromatic carbocycles. The fraction of sp³-hybridized carbons (Fsp3) is 1.00. The lowest BCUT2D eigenvalue weighted by Crippen LogP contribution is -2.37. The minimum atomic E-state index is -1.18. The summed E-state index contributed by atoms with van der Waals surface area (Å²) in [5.74, 6) is 0. The monoisotopic (exact) mass is 296 g/mol. The molecule has 8 N–H and O–H groups in total. The van der Waals surface area contributed by atoms with Crippen LogP contribution in [0.2, 0.25) is 0 Å². The number of aliphatic hydroxyl groups excluding tert-OH is 1. The summed E-state index contributed by atoms with van der Waals surface area (Å²) in [6.45, 7) is 0.944. The molecule has 0 aliphatic carbocycles. The molecule has 17 heavy (non-hydrogen) atoms. The standard InChI is InChI=1S/C9H22N2O2.2ClH.2H3N/c1-10(2)7-8(11(3)4)5-6-9(12)13;;;;/h8-9,12-13H,5-7H2,1-4H3;2*1H;2*1H3. The van der Waals surface area contributed by atoms with Crippen LogP contribution in [0.5, 0.6) is 0 Å². The summed E-state index contributed by atoms with van der Waals surface area (Å²) in [6, 6.07) is 0.386. The highest BCUT2D eigenvalue weighted by molar-refractivity contribution is 5.85. The molecule has 0 rings (SSSR count). The molecule has 112 valence electrons. The molecule has 0 aliphatic rings. The van der Waals surface area contributed by atoms with Gasteiger partial charge in [0.05, 0.1) is 0 Å². The molecule has 0 spiro atoms. The van der Waals surface area contributed by atoms with Crippen molar-refractivity contribution in [1.29, 1.82) is 0 Å². The van der Waals surface area contributed by atoms with Crippen LogP contribution in [-0.4, -0.2) is 67.1 Å². The topological polar surface area (TPSA) is 117 Å². The molecule has 0 aromatic heterocycles. The predicted octanol–water partition coefficient (Wildman–Crippen LogP) is 0.737. The third-order valence-electron chi connectivity index (χ3n) is 2.06. The highest BCUT2D eigenvalue weighted by atomic mass is 35.5. The van der Waals surface area contributed by atoms with E-state index in [0.29, 0.717) is 12.5 Å². The lowest BCUT2D eigenvalue weighted by Gasteiger charge is -2.27. The Morgan fingerprint density at radius 3 is 1.53 bits per heavy atom. The summed E-state index contributed by atoms with van der Waals surface area (Å²) in [4.78, 5) is 4.22. The number of hydrogen-bond acceptors (Lipinski definition) is 6. The molecule has 1 unspecified atom stereocenters. The normalized spacial score (nSPS) is 11.1. The first kappa shape index (κ1) is 30.4. The summed E-state index contributed by atoms with van der Waals surface area (Å²) in [5, 5.41) is 17.5. The third kappa shape index (κ3) is 18.9. The van der Waals surface area contributed by atoms with Crippen LogP contribution < -0.4 is 12.3 Å². The first-order chi connectivity index (χ1) is 5.93. The Kier molecular flexibility index (Phi) is 29.2. The minimum absolute atomic E-state index is 0. The molecule has 0 saturated heterocycles. The Hall–Kier alpha value is 0.340. The first-order valence-electron chi connectivity index (χ1n) is 4.60. The van der Waals surface area contributed by atoms with Crippen molar-refractivity contribution in [2.24, 2.45) is 0 Å². The highest BCUT2D eigenvalue weighted by Gasteiger charge is 2.13. The van der Waals surface area contributed by atoms with Crippen LogP contribution in [0.4, 0.5) is 0 Å². The van der Waals surface area contributed by atoms with Crippen molar-refractivity contribution in [3.63, 3.8) is 0 Å². The van der Waals surface area contributed by atoms with Crippen LogP contribution in [-0.2, 0) is 0 Å². The summed E-state index contributed by atoms with van der Waals surface area (Å²) in [7, 11) is 8.06. The third-order valence-corrected chi connectivity index (χ3v) is 2.06. The molecular formula is C9H30Cl2N4O2. The van der Waals surface area contributed by atoms with Gasteiger partial charge in [-0.1, -0.05) is 0 Å². The molecule has 6 nitrogen and oxygen atoms in total. The second-order valence-corrected chi connectivity index (χ2v) is 3.94. The van der Waals surface area contributed by atoms with Crippen molar-refractivity contribution in [2.75, 3.05) is 34.7 Å². The number of hydrogen-bond donors (Lipinski definition) is 4. The number of rotatable bonds is 6. The van der Waals surface area contributed by atoms with E-state index in [1.165, 1.54) is 0 Å². The van der Waals surface area contributed by atoms with Crippen LogP contribution in [0.1, 0.15) is 12.8 Å². The minimum Gasteiger partial charge on any atom is -0.368 e. The van der Waals surface area contributed by atoms with Gasteiger partial charge in [-0.05, 0) is 41.0 Å². The number of nitrogens with zero attached hydrogens (tertiary/aromatic N) is 2. The Morgan fingerprint density at radius 1 is 0.882 bits per heavy atom. The van der Waals surface area contributed by atoms with Crippen molar-refractivity contribution >= 4 is 24.8 Å². The van der Waals surface area contributed by atoms with Crippen molar-refractivity contribution < 1.29 is 10.2 Å². The van der Waals surface area contributed by atoms with E-state index in [4.69, 9.17) is 10.2 Å². The number of likely N-dealkylation sites (N-methyl/N-ethyl adjacent to an activating group) is 2. The van der Waals surface area contributed by atoms with Gasteiger partial charge in [0.25, 0.3) is 0 Å². The molecule has 8 heteroatoms. The molecule has 0 fully saturated rings. The smallest absolute Gasteiger partial charge is 0.151 e. The van der Waals surface area contributed by atoms with E-state index < -0.39 is 6.29 Å². The molecule has 0 bridgehead atoms. The maximum atomic E-state index is 8.74. The quantitative estimate of drug-likeness (QED) is 0.537. The fourth-order valence-corrected chi connectivity index (χ4v) is 1.28. The van der Waals surface area contributed by atoms with Gasteiger partial charge < -0.3 is 32.3 Å². The van der Waals surface area contributed by atoms with Crippen LogP contribution in [0.25, 0.3) is 0 Å². The summed E-state index contributed by atoms with van der Waals surface area (Å²) in [6.07, 6.45) is 0.0733. The average Bonchev–Trinajstić information content (AvgIpc) is 1.96. The van der Waals surface area contributed by atoms with E-state index in [1.54, 1.807) is 0 Å². The SMILES string of the molecule is CN(C)CC(CCC(O)O)N(C)C.Cl.Cl.N.N. The Labute approximate surface area is 117 Å². The maximum absolute atomic E-state index is 8.74. The molecule has 0 aromatic rings. The second-order valence-electron chi connectivity index (χ2n) is 3.94. The maximum Gasteiger partial charge on any atom is 0.151 e. The highest BCUT2D eigenvalue weighted by Crippen LogP contribution is 2.05. The van der Waals surface area contributed by atoms with Crippen LogP contribution in [0.15, 0.2) is 0 Å². The zero-order valence-electron chi connectivity index (χ0n) is 11.3. The molecular weight excluding hydrogens is 267 g/mol. The van der Waals surface area contributed by atoms with E-state index >= 15 is 0 Å². The fourth-order valence-electron chi connectivity index (χ4n) is 1.28. The van der Waals surface area contributed by atoms with Gasteiger partial charge >= 0.3 is 0 Å². The summed E-state index contributed by atoms with van der Waals surface area (Å²) >= 11 is 0. The van der Waals surface area contributed by atoms with Crippen molar-refractivity contribution in [3.8, 4) is 0 Å². The van der Waals surface area contributed by atoms with Crippen LogP contribution in [0, 0.1) is 0 Å². The van der Waals surface area contributed by atoms with Crippen LogP contribution >= 0.6 is 24.8 Å². The number of aliphatic hydroxyl groups is 2. The average molecular weight is 297 g/mol. The zero-order chi connectivity index (χ0) is 10.4. The first-order valence-corrected chi connectivity index (χ1v) is 4.60. The largest absolute Gasteiger partial charge is 0.368 e. The van der Waals surface area contributed by atoms with Crippen LogP contribution in [0.3, 0.4) is 0 Å². The van der Waals surface area contributed by atoms with E-state index in [1.807, 2.05) is 28.2 Å². The van der Waals surface area contributed by atoms with Gasteiger partial charge in [-0.2, -0.15) is 0 Å². The van der Waals surface area contributed by atoms with Crippen molar-refractivity contribution in [1.82, 2.24) is 22.1 Å². The summed E-state index contributed by atoms with van der Waals surface area (Å²) in [5.41, 5.74) is 0.